The summed E-state index contributed by atoms with van der Waals surface area (Å²) < 4.78 is 31.4. The van der Waals surface area contributed by atoms with Crippen molar-refractivity contribution in [2.24, 2.45) is 5.73 Å². The first-order chi connectivity index (χ1) is 9.38. The average Bonchev–Trinajstić information content (AvgIpc) is 2.82. The Morgan fingerprint density at radius 1 is 1.40 bits per heavy atom. The maximum Gasteiger partial charge on any atom is 0.240 e. The zero-order chi connectivity index (χ0) is 14.8. The summed E-state index contributed by atoms with van der Waals surface area (Å²) in [5.74, 6) is 0.625. The predicted octanol–water partition coefficient (Wildman–Crippen LogP) is 1.10. The molecule has 0 amide bonds. The number of sulfonamides is 1. The van der Waals surface area contributed by atoms with Crippen molar-refractivity contribution in [2.75, 3.05) is 0 Å². The van der Waals surface area contributed by atoms with Crippen molar-refractivity contribution < 1.29 is 12.9 Å². The second-order valence-corrected chi connectivity index (χ2v) is 6.35. The third-order valence-electron chi connectivity index (χ3n) is 2.57. The summed E-state index contributed by atoms with van der Waals surface area (Å²) in [6, 6.07) is 7.70. The van der Waals surface area contributed by atoms with Crippen LogP contribution in [0.2, 0.25) is 0 Å². The largest absolute Gasteiger partial charge is 0.389 e. The third kappa shape index (κ3) is 3.41. The molecule has 0 atom stereocenters. The lowest BCUT2D eigenvalue weighted by atomic mass is 10.2. The Morgan fingerprint density at radius 2 is 2.05 bits per heavy atom. The van der Waals surface area contributed by atoms with Crippen molar-refractivity contribution in [3.63, 3.8) is 0 Å². The molecule has 20 heavy (non-hydrogen) atoms. The molecule has 0 radical (unpaired) electrons. The fourth-order valence-corrected chi connectivity index (χ4v) is 2.69. The van der Waals surface area contributed by atoms with Crippen LogP contribution in [0.4, 0.5) is 0 Å². The van der Waals surface area contributed by atoms with Crippen LogP contribution < -0.4 is 10.5 Å². The Balaban J connectivity index is 2.11. The summed E-state index contributed by atoms with van der Waals surface area (Å²) in [4.78, 5) is 0.359. The molecule has 0 saturated carbocycles. The standard InChI is InChI=1S/C12H13N3O3S2/c1-8-6-10(15-18-8)7-14-20(16,17)11-4-2-9(3-5-11)12(13)19/h2-6,14H,7H2,1H3,(H2,13,19). The highest BCUT2D eigenvalue weighted by Gasteiger charge is 2.14. The summed E-state index contributed by atoms with van der Waals surface area (Å²) in [5, 5.41) is 3.71. The third-order valence-corrected chi connectivity index (χ3v) is 4.22. The molecule has 8 heteroatoms. The van der Waals surface area contributed by atoms with Crippen molar-refractivity contribution in [1.29, 1.82) is 0 Å². The predicted molar refractivity (Wildman–Crippen MR) is 77.6 cm³/mol. The monoisotopic (exact) mass is 311 g/mol. The normalized spacial score (nSPS) is 11.4. The number of benzene rings is 1. The molecule has 0 aliphatic carbocycles. The first-order valence-electron chi connectivity index (χ1n) is 5.70. The van der Waals surface area contributed by atoms with Crippen LogP contribution in [0.25, 0.3) is 0 Å². The topological polar surface area (TPSA) is 98.2 Å². The van der Waals surface area contributed by atoms with E-state index in [1.165, 1.54) is 12.1 Å². The van der Waals surface area contributed by atoms with Gasteiger partial charge in [-0.2, -0.15) is 0 Å². The van der Waals surface area contributed by atoms with Crippen molar-refractivity contribution >= 4 is 27.2 Å². The van der Waals surface area contributed by atoms with Gasteiger partial charge in [-0.15, -0.1) is 0 Å². The summed E-state index contributed by atoms with van der Waals surface area (Å²) in [6.07, 6.45) is 0. The van der Waals surface area contributed by atoms with E-state index in [0.717, 1.165) is 0 Å². The zero-order valence-electron chi connectivity index (χ0n) is 10.7. The van der Waals surface area contributed by atoms with Gasteiger partial charge < -0.3 is 10.3 Å². The Kier molecular flexibility index (Phi) is 4.17. The Hall–Kier alpha value is -1.77. The molecule has 1 aromatic heterocycles. The Morgan fingerprint density at radius 3 is 2.55 bits per heavy atom. The van der Waals surface area contributed by atoms with E-state index in [0.29, 0.717) is 17.0 Å². The molecule has 1 heterocycles. The molecule has 0 fully saturated rings. The van der Waals surface area contributed by atoms with Gasteiger partial charge in [0.05, 0.1) is 17.1 Å². The second kappa shape index (κ2) is 5.70. The molecular formula is C12H13N3O3S2. The summed E-state index contributed by atoms with van der Waals surface area (Å²) in [5.41, 5.74) is 6.59. The molecule has 6 nitrogen and oxygen atoms in total. The molecule has 2 aromatic rings. The highest BCUT2D eigenvalue weighted by atomic mass is 32.2. The number of aromatic nitrogens is 1. The van der Waals surface area contributed by atoms with E-state index in [1.54, 1.807) is 25.1 Å². The lowest BCUT2D eigenvalue weighted by molar-refractivity contribution is 0.390. The van der Waals surface area contributed by atoms with Gasteiger partial charge in [-0.1, -0.05) is 29.5 Å². The van der Waals surface area contributed by atoms with Gasteiger partial charge in [-0.05, 0) is 19.1 Å². The highest BCUT2D eigenvalue weighted by Crippen LogP contribution is 2.11. The summed E-state index contributed by atoms with van der Waals surface area (Å²) in [6.45, 7) is 1.80. The number of aryl methyl sites for hydroxylation is 1. The van der Waals surface area contributed by atoms with Gasteiger partial charge in [-0.25, -0.2) is 13.1 Å². The maximum atomic E-state index is 12.1. The molecular weight excluding hydrogens is 298 g/mol. The summed E-state index contributed by atoms with van der Waals surface area (Å²) >= 11 is 4.81. The molecule has 0 aliphatic heterocycles. The molecule has 2 rings (SSSR count). The Bertz CT molecular complexity index is 721. The summed E-state index contributed by atoms with van der Waals surface area (Å²) in [7, 11) is -3.61. The minimum Gasteiger partial charge on any atom is -0.389 e. The van der Waals surface area contributed by atoms with E-state index in [1.807, 2.05) is 0 Å². The molecule has 106 valence electrons. The van der Waals surface area contributed by atoms with E-state index >= 15 is 0 Å². The van der Waals surface area contributed by atoms with Crippen molar-refractivity contribution in [3.05, 3.63) is 47.3 Å². The number of thiocarbonyl (C=S) groups is 1. The first kappa shape index (κ1) is 14.6. The van der Waals surface area contributed by atoms with Crippen molar-refractivity contribution in [1.82, 2.24) is 9.88 Å². The minimum atomic E-state index is -3.61. The molecule has 0 bridgehead atoms. The molecule has 1 aromatic carbocycles. The van der Waals surface area contributed by atoms with Crippen LogP contribution in [0.3, 0.4) is 0 Å². The number of hydrogen-bond acceptors (Lipinski definition) is 5. The van der Waals surface area contributed by atoms with Gasteiger partial charge in [0.25, 0.3) is 0 Å². The van der Waals surface area contributed by atoms with Crippen molar-refractivity contribution in [3.8, 4) is 0 Å². The van der Waals surface area contributed by atoms with Gasteiger partial charge in [-0.3, -0.25) is 0 Å². The fourth-order valence-electron chi connectivity index (χ4n) is 1.55. The zero-order valence-corrected chi connectivity index (χ0v) is 12.3. The van der Waals surface area contributed by atoms with Gasteiger partial charge >= 0.3 is 0 Å². The number of nitrogens with two attached hydrogens (primary N) is 1. The van der Waals surface area contributed by atoms with E-state index in [-0.39, 0.29) is 16.4 Å². The van der Waals surface area contributed by atoms with Crippen LogP contribution in [-0.2, 0) is 16.6 Å². The smallest absolute Gasteiger partial charge is 0.240 e. The van der Waals surface area contributed by atoms with Gasteiger partial charge in [0, 0.05) is 11.6 Å². The quantitative estimate of drug-likeness (QED) is 0.802. The first-order valence-corrected chi connectivity index (χ1v) is 7.59. The Labute approximate surface area is 122 Å². The van der Waals surface area contributed by atoms with Crippen LogP contribution in [-0.4, -0.2) is 18.6 Å². The van der Waals surface area contributed by atoms with E-state index in [4.69, 9.17) is 22.5 Å². The van der Waals surface area contributed by atoms with Gasteiger partial charge in [0.1, 0.15) is 10.7 Å². The van der Waals surface area contributed by atoms with Crippen LogP contribution in [0.15, 0.2) is 39.8 Å². The van der Waals surface area contributed by atoms with E-state index in [9.17, 15) is 8.42 Å². The number of hydrogen-bond donors (Lipinski definition) is 2. The highest BCUT2D eigenvalue weighted by molar-refractivity contribution is 7.89. The van der Waals surface area contributed by atoms with Crippen molar-refractivity contribution in [2.45, 2.75) is 18.4 Å². The van der Waals surface area contributed by atoms with E-state index < -0.39 is 10.0 Å². The van der Waals surface area contributed by atoms with Crippen LogP contribution in [0.1, 0.15) is 17.0 Å². The lowest BCUT2D eigenvalue weighted by Crippen LogP contribution is -2.23. The SMILES string of the molecule is Cc1cc(CNS(=O)(=O)c2ccc(C(N)=S)cc2)no1. The molecule has 0 saturated heterocycles. The maximum absolute atomic E-state index is 12.1. The second-order valence-electron chi connectivity index (χ2n) is 4.14. The average molecular weight is 311 g/mol. The fraction of sp³-hybridized carbons (Fsp3) is 0.167. The number of rotatable bonds is 5. The van der Waals surface area contributed by atoms with Crippen LogP contribution in [0.5, 0.6) is 0 Å². The molecule has 3 N–H and O–H groups in total. The molecule has 0 aliphatic rings. The molecule has 0 unspecified atom stereocenters. The van der Waals surface area contributed by atoms with Gasteiger partial charge in [0.2, 0.25) is 10.0 Å². The minimum absolute atomic E-state index is 0.0662. The number of nitrogens with zero attached hydrogens (tertiary/aromatic N) is 1. The lowest BCUT2D eigenvalue weighted by Gasteiger charge is -2.06. The van der Waals surface area contributed by atoms with E-state index in [2.05, 4.69) is 9.88 Å². The number of nitrogens with one attached hydrogen (secondary N) is 1. The van der Waals surface area contributed by atoms with Crippen LogP contribution >= 0.6 is 12.2 Å². The van der Waals surface area contributed by atoms with Gasteiger partial charge in [0.15, 0.2) is 0 Å². The molecule has 0 spiro atoms. The van der Waals surface area contributed by atoms with Crippen LogP contribution in [0, 0.1) is 6.92 Å².